The summed E-state index contributed by atoms with van der Waals surface area (Å²) < 4.78 is 0. The number of pyridine rings is 1. The van der Waals surface area contributed by atoms with Crippen LogP contribution in [0.3, 0.4) is 0 Å². The molecule has 0 saturated heterocycles. The molecule has 0 spiro atoms. The summed E-state index contributed by atoms with van der Waals surface area (Å²) in [5.41, 5.74) is 4.90. The van der Waals surface area contributed by atoms with Gasteiger partial charge in [0.15, 0.2) is 0 Å². The van der Waals surface area contributed by atoms with Crippen LogP contribution in [0.25, 0.3) is 21.7 Å². The molecule has 0 amide bonds. The van der Waals surface area contributed by atoms with Crippen molar-refractivity contribution in [3.8, 4) is 0 Å². The minimum atomic E-state index is 1.13. The third-order valence-electron chi connectivity index (χ3n) is 3.69. The zero-order chi connectivity index (χ0) is 12.0. The van der Waals surface area contributed by atoms with Crippen molar-refractivity contribution >= 4 is 21.7 Å². The van der Waals surface area contributed by atoms with Gasteiger partial charge in [0.1, 0.15) is 0 Å². The smallest absolute Gasteiger partial charge is 0.0786 e. The van der Waals surface area contributed by atoms with Crippen molar-refractivity contribution in [2.24, 2.45) is 0 Å². The standard InChI is InChI=1S/C16H15N/c1-10-11(2)14-9-8-13-6-4-5-7-15(13)16(14)17-12(10)3/h4-9H,1-3H3. The lowest BCUT2D eigenvalue weighted by Gasteiger charge is -2.10. The lowest BCUT2D eigenvalue weighted by molar-refractivity contribution is 1.17. The van der Waals surface area contributed by atoms with Crippen LogP contribution < -0.4 is 0 Å². The van der Waals surface area contributed by atoms with E-state index in [-0.39, 0.29) is 0 Å². The van der Waals surface area contributed by atoms with E-state index in [1.165, 1.54) is 27.3 Å². The van der Waals surface area contributed by atoms with Gasteiger partial charge in [0.05, 0.1) is 5.52 Å². The molecule has 0 unspecified atom stereocenters. The maximum atomic E-state index is 4.76. The second-order valence-electron chi connectivity index (χ2n) is 4.63. The van der Waals surface area contributed by atoms with Gasteiger partial charge in [0, 0.05) is 16.5 Å². The summed E-state index contributed by atoms with van der Waals surface area (Å²) in [7, 11) is 0. The lowest BCUT2D eigenvalue weighted by atomic mass is 9.99. The zero-order valence-electron chi connectivity index (χ0n) is 10.4. The van der Waals surface area contributed by atoms with Crippen molar-refractivity contribution in [2.75, 3.05) is 0 Å². The summed E-state index contributed by atoms with van der Waals surface area (Å²) in [4.78, 5) is 4.76. The molecule has 0 bridgehead atoms. The van der Waals surface area contributed by atoms with Crippen molar-refractivity contribution in [1.29, 1.82) is 0 Å². The van der Waals surface area contributed by atoms with Crippen LogP contribution in [0.1, 0.15) is 16.8 Å². The van der Waals surface area contributed by atoms with E-state index < -0.39 is 0 Å². The molecule has 3 aromatic rings. The number of rotatable bonds is 0. The number of benzene rings is 2. The van der Waals surface area contributed by atoms with E-state index >= 15 is 0 Å². The van der Waals surface area contributed by atoms with Gasteiger partial charge in [0.2, 0.25) is 0 Å². The predicted molar refractivity (Wildman–Crippen MR) is 73.5 cm³/mol. The molecule has 0 atom stereocenters. The minimum absolute atomic E-state index is 1.13. The van der Waals surface area contributed by atoms with Gasteiger partial charge in [-0.3, -0.25) is 4.98 Å². The highest BCUT2D eigenvalue weighted by Gasteiger charge is 2.07. The fraction of sp³-hybridized carbons (Fsp3) is 0.188. The van der Waals surface area contributed by atoms with Crippen LogP contribution in [0.2, 0.25) is 0 Å². The Morgan fingerprint density at radius 2 is 1.53 bits per heavy atom. The first-order valence-electron chi connectivity index (χ1n) is 5.94. The molecule has 1 heteroatoms. The first kappa shape index (κ1) is 10.3. The molecular formula is C16H15N. The normalized spacial score (nSPS) is 11.2. The molecule has 0 saturated carbocycles. The summed E-state index contributed by atoms with van der Waals surface area (Å²) in [5.74, 6) is 0. The molecular weight excluding hydrogens is 206 g/mol. The summed E-state index contributed by atoms with van der Waals surface area (Å²) in [6.07, 6.45) is 0. The van der Waals surface area contributed by atoms with Crippen LogP contribution >= 0.6 is 0 Å². The summed E-state index contributed by atoms with van der Waals surface area (Å²) in [6, 6.07) is 12.8. The molecule has 2 aromatic carbocycles. The van der Waals surface area contributed by atoms with E-state index in [0.717, 1.165) is 11.2 Å². The van der Waals surface area contributed by atoms with Crippen LogP contribution in [0.5, 0.6) is 0 Å². The van der Waals surface area contributed by atoms with E-state index in [1.807, 2.05) is 0 Å². The molecule has 17 heavy (non-hydrogen) atoms. The maximum Gasteiger partial charge on any atom is 0.0786 e. The van der Waals surface area contributed by atoms with Crippen molar-refractivity contribution in [3.63, 3.8) is 0 Å². The summed E-state index contributed by atoms with van der Waals surface area (Å²) in [6.45, 7) is 6.41. The van der Waals surface area contributed by atoms with Gasteiger partial charge in [-0.1, -0.05) is 36.4 Å². The monoisotopic (exact) mass is 221 g/mol. The molecule has 0 aliphatic carbocycles. The molecule has 84 valence electrons. The van der Waals surface area contributed by atoms with Crippen LogP contribution in [0.4, 0.5) is 0 Å². The quantitative estimate of drug-likeness (QED) is 0.515. The van der Waals surface area contributed by atoms with Crippen molar-refractivity contribution in [3.05, 3.63) is 53.2 Å². The van der Waals surface area contributed by atoms with Crippen molar-refractivity contribution in [1.82, 2.24) is 4.98 Å². The van der Waals surface area contributed by atoms with Gasteiger partial charge in [-0.25, -0.2) is 0 Å². The average Bonchev–Trinajstić information content (AvgIpc) is 2.36. The largest absolute Gasteiger partial charge is 0.252 e. The summed E-state index contributed by atoms with van der Waals surface area (Å²) >= 11 is 0. The van der Waals surface area contributed by atoms with E-state index in [2.05, 4.69) is 57.2 Å². The number of hydrogen-bond donors (Lipinski definition) is 0. The second-order valence-corrected chi connectivity index (χ2v) is 4.63. The Morgan fingerprint density at radius 3 is 2.35 bits per heavy atom. The Hall–Kier alpha value is -1.89. The van der Waals surface area contributed by atoms with E-state index in [1.54, 1.807) is 0 Å². The molecule has 1 nitrogen and oxygen atoms in total. The molecule has 0 fully saturated rings. The molecule has 0 aliphatic heterocycles. The highest BCUT2D eigenvalue weighted by atomic mass is 14.7. The SMILES string of the molecule is Cc1nc2c(ccc3ccccc32)c(C)c1C. The zero-order valence-corrected chi connectivity index (χ0v) is 10.4. The number of fused-ring (bicyclic) bond motifs is 3. The van der Waals surface area contributed by atoms with Gasteiger partial charge in [-0.05, 0) is 37.3 Å². The maximum absolute atomic E-state index is 4.76. The number of aryl methyl sites for hydroxylation is 2. The third-order valence-corrected chi connectivity index (χ3v) is 3.69. The number of hydrogen-bond acceptors (Lipinski definition) is 1. The topological polar surface area (TPSA) is 12.9 Å². The third kappa shape index (κ3) is 1.42. The highest BCUT2D eigenvalue weighted by molar-refractivity contribution is 6.06. The number of nitrogens with zero attached hydrogens (tertiary/aromatic N) is 1. The molecule has 1 heterocycles. The van der Waals surface area contributed by atoms with Gasteiger partial charge >= 0.3 is 0 Å². The predicted octanol–water partition coefficient (Wildman–Crippen LogP) is 4.31. The Morgan fingerprint density at radius 1 is 0.765 bits per heavy atom. The Bertz CT molecular complexity index is 726. The Labute approximate surface area is 101 Å². The fourth-order valence-electron chi connectivity index (χ4n) is 2.40. The van der Waals surface area contributed by atoms with E-state index in [4.69, 9.17) is 4.98 Å². The Kier molecular flexibility index (Phi) is 2.15. The van der Waals surface area contributed by atoms with Crippen molar-refractivity contribution < 1.29 is 0 Å². The summed E-state index contributed by atoms with van der Waals surface area (Å²) in [5, 5.41) is 3.78. The first-order chi connectivity index (χ1) is 8.18. The molecule has 0 radical (unpaired) electrons. The van der Waals surface area contributed by atoms with Gasteiger partial charge < -0.3 is 0 Å². The Balaban J connectivity index is 2.59. The van der Waals surface area contributed by atoms with Crippen molar-refractivity contribution in [2.45, 2.75) is 20.8 Å². The first-order valence-corrected chi connectivity index (χ1v) is 5.94. The molecule has 0 N–H and O–H groups in total. The van der Waals surface area contributed by atoms with Gasteiger partial charge in [0.25, 0.3) is 0 Å². The van der Waals surface area contributed by atoms with E-state index in [9.17, 15) is 0 Å². The highest BCUT2D eigenvalue weighted by Crippen LogP contribution is 2.28. The van der Waals surface area contributed by atoms with Crippen LogP contribution in [-0.4, -0.2) is 4.98 Å². The number of aromatic nitrogens is 1. The van der Waals surface area contributed by atoms with Crippen LogP contribution in [0, 0.1) is 20.8 Å². The lowest BCUT2D eigenvalue weighted by Crippen LogP contribution is -1.94. The molecule has 3 rings (SSSR count). The van der Waals surface area contributed by atoms with Gasteiger partial charge in [-0.2, -0.15) is 0 Å². The molecule has 1 aromatic heterocycles. The van der Waals surface area contributed by atoms with Gasteiger partial charge in [-0.15, -0.1) is 0 Å². The molecule has 0 aliphatic rings. The second kappa shape index (κ2) is 3.56. The van der Waals surface area contributed by atoms with Crippen LogP contribution in [0.15, 0.2) is 36.4 Å². The average molecular weight is 221 g/mol. The van der Waals surface area contributed by atoms with Crippen LogP contribution in [-0.2, 0) is 0 Å². The minimum Gasteiger partial charge on any atom is -0.252 e. The van der Waals surface area contributed by atoms with E-state index in [0.29, 0.717) is 0 Å². The fourth-order valence-corrected chi connectivity index (χ4v) is 2.40.